The Balaban J connectivity index is 1.48. The van der Waals surface area contributed by atoms with Gasteiger partial charge in [0.2, 0.25) is 0 Å². The third kappa shape index (κ3) is 4.90. The Kier molecular flexibility index (Phi) is 7.38. The maximum absolute atomic E-state index is 12.0. The molecule has 0 aliphatic heterocycles. The first-order valence-electron chi connectivity index (χ1n) is 13.3. The van der Waals surface area contributed by atoms with Gasteiger partial charge in [-0.1, -0.05) is 24.3 Å². The summed E-state index contributed by atoms with van der Waals surface area (Å²) in [6.45, 7) is 3.28. The number of rotatable bonds is 10. The van der Waals surface area contributed by atoms with Gasteiger partial charge in [0, 0.05) is 23.7 Å². The van der Waals surface area contributed by atoms with E-state index in [1.54, 1.807) is 14.2 Å². The van der Waals surface area contributed by atoms with Gasteiger partial charge in [0.15, 0.2) is 0 Å². The first-order valence-corrected chi connectivity index (χ1v) is 13.3. The van der Waals surface area contributed by atoms with Crippen LogP contribution in [-0.4, -0.2) is 40.0 Å². The third-order valence-electron chi connectivity index (χ3n) is 8.34. The zero-order valence-electron chi connectivity index (χ0n) is 21.8. The molecule has 36 heavy (non-hydrogen) atoms. The Morgan fingerprint density at radius 3 is 2.17 bits per heavy atom. The lowest BCUT2D eigenvalue weighted by Crippen LogP contribution is -2.48. The number of methoxy groups -OCH3 is 2. The number of carbonyl (C=O) groups is 1. The lowest BCUT2D eigenvalue weighted by molar-refractivity contribution is -0.00763. The van der Waals surface area contributed by atoms with Crippen LogP contribution in [0, 0.1) is 17.8 Å². The minimum absolute atomic E-state index is 0.133. The first kappa shape index (κ1) is 24.9. The molecule has 0 unspecified atom stereocenters. The molecule has 0 spiro atoms. The van der Waals surface area contributed by atoms with Gasteiger partial charge in [-0.05, 0) is 93.0 Å². The maximum Gasteiger partial charge on any atom is 0.338 e. The summed E-state index contributed by atoms with van der Waals surface area (Å²) in [5.41, 5.74) is 4.03. The molecule has 4 bridgehead atoms. The molecule has 5 heteroatoms. The predicted molar refractivity (Wildman–Crippen MR) is 142 cm³/mol. The second-order valence-corrected chi connectivity index (χ2v) is 10.8. The molecule has 0 N–H and O–H groups in total. The van der Waals surface area contributed by atoms with E-state index in [9.17, 15) is 4.79 Å². The second-order valence-electron chi connectivity index (χ2n) is 10.8. The lowest BCUT2D eigenvalue weighted by Gasteiger charge is -2.57. The molecular formula is C31H38O5. The Hall–Kier alpha value is -2.79. The highest BCUT2D eigenvalue weighted by Gasteiger charge is 2.53. The maximum atomic E-state index is 12.0. The number of ether oxygens (including phenoxy) is 4. The number of hydrogen-bond donors (Lipinski definition) is 0. The van der Waals surface area contributed by atoms with E-state index in [0.29, 0.717) is 25.4 Å². The van der Waals surface area contributed by atoms with Gasteiger partial charge >= 0.3 is 5.97 Å². The van der Waals surface area contributed by atoms with Crippen LogP contribution in [-0.2, 0) is 14.9 Å². The van der Waals surface area contributed by atoms with Gasteiger partial charge in [-0.3, -0.25) is 0 Å². The summed E-state index contributed by atoms with van der Waals surface area (Å²) in [4.78, 5) is 12.0. The molecule has 0 amide bonds. The Morgan fingerprint density at radius 2 is 1.58 bits per heavy atom. The molecule has 0 atom stereocenters. The van der Waals surface area contributed by atoms with E-state index in [1.165, 1.54) is 44.1 Å². The van der Waals surface area contributed by atoms with Gasteiger partial charge < -0.3 is 18.9 Å². The van der Waals surface area contributed by atoms with E-state index in [1.807, 2.05) is 31.2 Å². The summed E-state index contributed by atoms with van der Waals surface area (Å²) in [6, 6.07) is 11.7. The first-order chi connectivity index (χ1) is 17.5. The Labute approximate surface area is 214 Å². The number of esters is 1. The van der Waals surface area contributed by atoms with Gasteiger partial charge in [0.1, 0.15) is 18.1 Å². The zero-order valence-corrected chi connectivity index (χ0v) is 21.8. The van der Waals surface area contributed by atoms with Crippen LogP contribution < -0.4 is 9.47 Å². The van der Waals surface area contributed by atoms with Crippen molar-refractivity contribution in [2.24, 2.45) is 17.8 Å². The number of benzene rings is 2. The van der Waals surface area contributed by atoms with Crippen molar-refractivity contribution in [1.29, 1.82) is 0 Å². The van der Waals surface area contributed by atoms with Crippen LogP contribution in [0.3, 0.4) is 0 Å². The van der Waals surface area contributed by atoms with Crippen LogP contribution in [0.5, 0.6) is 11.5 Å². The van der Waals surface area contributed by atoms with Crippen molar-refractivity contribution in [3.05, 3.63) is 58.7 Å². The van der Waals surface area contributed by atoms with Crippen molar-refractivity contribution in [3.63, 3.8) is 0 Å². The summed E-state index contributed by atoms with van der Waals surface area (Å²) >= 11 is 0. The summed E-state index contributed by atoms with van der Waals surface area (Å²) in [5.74, 6) is 4.06. The van der Waals surface area contributed by atoms with Crippen LogP contribution in [0.15, 0.2) is 36.4 Å². The van der Waals surface area contributed by atoms with Gasteiger partial charge in [-0.2, -0.15) is 0 Å². The molecule has 4 aliphatic carbocycles. The molecule has 2 aromatic carbocycles. The number of carbonyl (C=O) groups excluding carboxylic acids is 1. The number of hydrogen-bond acceptors (Lipinski definition) is 5. The molecule has 2 aromatic rings. The van der Waals surface area contributed by atoms with Crippen LogP contribution in [0.2, 0.25) is 0 Å². The van der Waals surface area contributed by atoms with E-state index in [0.717, 1.165) is 40.4 Å². The molecule has 4 fully saturated rings. The largest absolute Gasteiger partial charge is 0.496 e. The highest BCUT2D eigenvalue weighted by atomic mass is 16.5. The van der Waals surface area contributed by atoms with Gasteiger partial charge in [0.25, 0.3) is 0 Å². The molecule has 0 aromatic heterocycles. The second kappa shape index (κ2) is 10.7. The molecule has 4 aliphatic rings. The third-order valence-corrected chi connectivity index (χ3v) is 8.34. The van der Waals surface area contributed by atoms with E-state index in [2.05, 4.69) is 24.3 Å². The topological polar surface area (TPSA) is 54.0 Å². The summed E-state index contributed by atoms with van der Waals surface area (Å²) in [6.07, 6.45) is 12.1. The van der Waals surface area contributed by atoms with E-state index in [-0.39, 0.29) is 11.4 Å². The molecule has 192 valence electrons. The molecule has 5 nitrogen and oxygen atoms in total. The zero-order chi connectivity index (χ0) is 25.1. The highest BCUT2D eigenvalue weighted by Crippen LogP contribution is 2.63. The monoisotopic (exact) mass is 490 g/mol. The molecule has 4 saturated carbocycles. The van der Waals surface area contributed by atoms with Gasteiger partial charge in [0.05, 0.1) is 25.9 Å². The van der Waals surface area contributed by atoms with Crippen LogP contribution in [0.1, 0.15) is 72.5 Å². The Morgan fingerprint density at radius 1 is 0.917 bits per heavy atom. The van der Waals surface area contributed by atoms with E-state index < -0.39 is 0 Å². The fourth-order valence-electron chi connectivity index (χ4n) is 7.34. The van der Waals surface area contributed by atoms with Crippen molar-refractivity contribution in [2.45, 2.75) is 50.9 Å². The van der Waals surface area contributed by atoms with Crippen LogP contribution in [0.25, 0.3) is 12.2 Å². The molecular weight excluding hydrogens is 452 g/mol. The van der Waals surface area contributed by atoms with Crippen LogP contribution >= 0.6 is 0 Å². The summed E-state index contributed by atoms with van der Waals surface area (Å²) in [5, 5.41) is 0. The lowest BCUT2D eigenvalue weighted by atomic mass is 9.47. The minimum atomic E-state index is -0.293. The summed E-state index contributed by atoms with van der Waals surface area (Å²) < 4.78 is 22.8. The standard InChI is InChI=1S/C31H38O5/c1-4-35-30(32)26-9-6-21(7-10-26)5-8-25-11-12-27(36-14-13-33-2)28(29(25)34-3)31-18-22-15-23(19-31)17-24(16-22)20-31/h5-12,22-24H,4,13-20H2,1-3H3/b8-5+. The summed E-state index contributed by atoms with van der Waals surface area (Å²) in [7, 11) is 3.49. The molecule has 0 heterocycles. The molecule has 0 radical (unpaired) electrons. The van der Waals surface area contributed by atoms with E-state index in [4.69, 9.17) is 18.9 Å². The average molecular weight is 491 g/mol. The average Bonchev–Trinajstić information content (AvgIpc) is 2.87. The smallest absolute Gasteiger partial charge is 0.338 e. The Bertz CT molecular complexity index is 1070. The minimum Gasteiger partial charge on any atom is -0.496 e. The predicted octanol–water partition coefficient (Wildman–Crippen LogP) is 6.54. The van der Waals surface area contributed by atoms with Crippen molar-refractivity contribution >= 4 is 18.1 Å². The fourth-order valence-corrected chi connectivity index (χ4v) is 7.34. The van der Waals surface area contributed by atoms with Gasteiger partial charge in [-0.15, -0.1) is 0 Å². The van der Waals surface area contributed by atoms with Crippen molar-refractivity contribution in [2.75, 3.05) is 34.0 Å². The van der Waals surface area contributed by atoms with Gasteiger partial charge in [-0.25, -0.2) is 4.79 Å². The van der Waals surface area contributed by atoms with E-state index >= 15 is 0 Å². The van der Waals surface area contributed by atoms with Crippen molar-refractivity contribution in [1.82, 2.24) is 0 Å². The fraction of sp³-hybridized carbons (Fsp3) is 0.516. The molecule has 0 saturated heterocycles. The normalized spacial score (nSPS) is 26.4. The van der Waals surface area contributed by atoms with Crippen molar-refractivity contribution < 1.29 is 23.7 Å². The quantitative estimate of drug-likeness (QED) is 0.215. The van der Waals surface area contributed by atoms with Crippen molar-refractivity contribution in [3.8, 4) is 11.5 Å². The molecule has 6 rings (SSSR count). The SMILES string of the molecule is CCOC(=O)c1ccc(/C=C/c2ccc(OCCOC)c(C34CC5CC(CC(C5)C3)C4)c2OC)cc1. The highest BCUT2D eigenvalue weighted by molar-refractivity contribution is 5.89. The van der Waals surface area contributed by atoms with Crippen LogP contribution in [0.4, 0.5) is 0 Å².